The highest BCUT2D eigenvalue weighted by Gasteiger charge is 2.29. The molecule has 5 heteroatoms. The molecule has 1 aromatic carbocycles. The Morgan fingerprint density at radius 1 is 1.48 bits per heavy atom. The number of ether oxygens (including phenoxy) is 1. The van der Waals surface area contributed by atoms with Crippen LogP contribution in [-0.4, -0.2) is 40.7 Å². The van der Waals surface area contributed by atoms with Crippen LogP contribution in [0.5, 0.6) is 5.75 Å². The van der Waals surface area contributed by atoms with Crippen LogP contribution in [-0.2, 0) is 12.4 Å². The Bertz CT molecular complexity index is 636. The number of para-hydroxylation sites is 1. The van der Waals surface area contributed by atoms with Crippen LogP contribution in [0.2, 0.25) is 0 Å². The van der Waals surface area contributed by atoms with Crippen molar-refractivity contribution in [1.82, 2.24) is 14.5 Å². The lowest BCUT2D eigenvalue weighted by molar-refractivity contribution is 0.226. The van der Waals surface area contributed by atoms with Crippen molar-refractivity contribution < 1.29 is 4.74 Å². The minimum atomic E-state index is 0.414. The first-order valence-corrected chi connectivity index (χ1v) is 7.99. The van der Waals surface area contributed by atoms with Gasteiger partial charge in [-0.1, -0.05) is 6.07 Å². The topological polar surface area (TPSA) is 30.3 Å². The number of fused-ring (bicyclic) bond motifs is 1. The fourth-order valence-corrected chi connectivity index (χ4v) is 3.08. The summed E-state index contributed by atoms with van der Waals surface area (Å²) in [6, 6.07) is 7.25. The Morgan fingerprint density at radius 3 is 2.86 bits per heavy atom. The standard InChI is InChI=1S/C16H22ClN3O/c1-11(19(2)12-7-8-12)10-20-13-5-4-6-14(21-3)16(13)18-15(20)9-17/h4-6,11-12H,7-10H2,1-3H3. The third kappa shape index (κ3) is 2.74. The van der Waals surface area contributed by atoms with Gasteiger partial charge in [0.25, 0.3) is 0 Å². The molecule has 1 aromatic heterocycles. The van der Waals surface area contributed by atoms with E-state index in [1.54, 1.807) is 7.11 Å². The lowest BCUT2D eigenvalue weighted by Crippen LogP contribution is -2.34. The number of aromatic nitrogens is 2. The van der Waals surface area contributed by atoms with Crippen LogP contribution >= 0.6 is 11.6 Å². The van der Waals surface area contributed by atoms with Gasteiger partial charge in [-0.2, -0.15) is 0 Å². The molecule has 1 saturated carbocycles. The summed E-state index contributed by atoms with van der Waals surface area (Å²) in [6.45, 7) is 3.17. The molecule has 0 bridgehead atoms. The van der Waals surface area contributed by atoms with Gasteiger partial charge in [0.15, 0.2) is 0 Å². The van der Waals surface area contributed by atoms with E-state index in [0.29, 0.717) is 11.9 Å². The normalized spacial score (nSPS) is 16.6. The van der Waals surface area contributed by atoms with E-state index in [2.05, 4.69) is 34.5 Å². The number of hydrogen-bond donors (Lipinski definition) is 0. The smallest absolute Gasteiger partial charge is 0.146 e. The maximum absolute atomic E-state index is 6.10. The number of likely N-dealkylation sites (N-methyl/N-ethyl adjacent to an activating group) is 1. The maximum Gasteiger partial charge on any atom is 0.146 e. The number of imidazole rings is 1. The number of nitrogens with zero attached hydrogens (tertiary/aromatic N) is 3. The fraction of sp³-hybridized carbons (Fsp3) is 0.562. The van der Waals surface area contributed by atoms with Gasteiger partial charge in [0.2, 0.25) is 0 Å². The van der Waals surface area contributed by atoms with Gasteiger partial charge >= 0.3 is 0 Å². The maximum atomic E-state index is 6.10. The Hall–Kier alpha value is -1.26. The van der Waals surface area contributed by atoms with Crippen LogP contribution in [0.15, 0.2) is 18.2 Å². The highest BCUT2D eigenvalue weighted by atomic mass is 35.5. The summed E-state index contributed by atoms with van der Waals surface area (Å²) in [7, 11) is 3.89. The average Bonchev–Trinajstić information content (AvgIpc) is 3.29. The molecule has 1 atom stereocenters. The van der Waals surface area contributed by atoms with Crippen LogP contribution in [0.25, 0.3) is 11.0 Å². The van der Waals surface area contributed by atoms with E-state index >= 15 is 0 Å². The highest BCUT2D eigenvalue weighted by Crippen LogP contribution is 2.30. The van der Waals surface area contributed by atoms with Crippen molar-refractivity contribution in [3.63, 3.8) is 0 Å². The largest absolute Gasteiger partial charge is 0.494 e. The van der Waals surface area contributed by atoms with E-state index in [1.165, 1.54) is 12.8 Å². The Balaban J connectivity index is 1.96. The van der Waals surface area contributed by atoms with Gasteiger partial charge in [0, 0.05) is 18.6 Å². The Labute approximate surface area is 130 Å². The zero-order valence-corrected chi connectivity index (χ0v) is 13.6. The van der Waals surface area contributed by atoms with Crippen molar-refractivity contribution in [2.75, 3.05) is 14.2 Å². The lowest BCUT2D eigenvalue weighted by Gasteiger charge is -2.25. The molecule has 1 fully saturated rings. The summed E-state index contributed by atoms with van der Waals surface area (Å²) < 4.78 is 7.64. The first-order chi connectivity index (χ1) is 10.2. The molecule has 0 N–H and O–H groups in total. The molecule has 0 radical (unpaired) electrons. The summed E-state index contributed by atoms with van der Waals surface area (Å²) in [5.41, 5.74) is 2.00. The predicted molar refractivity (Wildman–Crippen MR) is 86.1 cm³/mol. The van der Waals surface area contributed by atoms with Crippen LogP contribution in [0.1, 0.15) is 25.6 Å². The molecule has 3 rings (SSSR count). The van der Waals surface area contributed by atoms with Gasteiger partial charge < -0.3 is 9.30 Å². The van der Waals surface area contributed by atoms with Gasteiger partial charge in [-0.05, 0) is 38.9 Å². The molecule has 4 nitrogen and oxygen atoms in total. The molecule has 0 aliphatic heterocycles. The Kier molecular flexibility index (Phi) is 4.09. The quantitative estimate of drug-likeness (QED) is 0.767. The lowest BCUT2D eigenvalue weighted by atomic mass is 10.2. The minimum absolute atomic E-state index is 0.414. The van der Waals surface area contributed by atoms with Crippen molar-refractivity contribution in [2.45, 2.75) is 44.3 Å². The molecule has 1 aliphatic rings. The summed E-state index contributed by atoms with van der Waals surface area (Å²) in [4.78, 5) is 7.12. The molecule has 0 amide bonds. The van der Waals surface area contributed by atoms with Crippen LogP contribution in [0.4, 0.5) is 0 Å². The molecular weight excluding hydrogens is 286 g/mol. The first kappa shape index (κ1) is 14.7. The van der Waals surface area contributed by atoms with Crippen LogP contribution in [0.3, 0.4) is 0 Å². The number of alkyl halides is 1. The minimum Gasteiger partial charge on any atom is -0.494 e. The first-order valence-electron chi connectivity index (χ1n) is 7.45. The van der Waals surface area contributed by atoms with Gasteiger partial charge in [0.05, 0.1) is 18.5 Å². The average molecular weight is 308 g/mol. The van der Waals surface area contributed by atoms with Gasteiger partial charge in [-0.15, -0.1) is 11.6 Å². The van der Waals surface area contributed by atoms with E-state index in [1.807, 2.05) is 12.1 Å². The number of hydrogen-bond acceptors (Lipinski definition) is 3. The molecule has 1 aliphatic carbocycles. The van der Waals surface area contributed by atoms with Crippen molar-refractivity contribution in [3.05, 3.63) is 24.0 Å². The zero-order valence-electron chi connectivity index (χ0n) is 12.8. The SMILES string of the molecule is COc1cccc2c1nc(CCl)n2CC(C)N(C)C1CC1. The van der Waals surface area contributed by atoms with E-state index in [9.17, 15) is 0 Å². The van der Waals surface area contributed by atoms with Gasteiger partial charge in [-0.3, -0.25) is 4.90 Å². The van der Waals surface area contributed by atoms with Gasteiger partial charge in [0.1, 0.15) is 17.1 Å². The third-order valence-corrected chi connectivity index (χ3v) is 4.66. The fourth-order valence-electron chi connectivity index (χ4n) is 2.87. The molecule has 2 aromatic rings. The van der Waals surface area contributed by atoms with E-state index in [4.69, 9.17) is 16.3 Å². The monoisotopic (exact) mass is 307 g/mol. The molecule has 1 heterocycles. The highest BCUT2D eigenvalue weighted by molar-refractivity contribution is 6.16. The van der Waals surface area contributed by atoms with E-state index < -0.39 is 0 Å². The predicted octanol–water partition coefficient (Wildman–Crippen LogP) is 3.27. The molecule has 114 valence electrons. The third-order valence-electron chi connectivity index (χ3n) is 4.43. The van der Waals surface area contributed by atoms with E-state index in [-0.39, 0.29) is 0 Å². The summed E-state index contributed by atoms with van der Waals surface area (Å²) in [6.07, 6.45) is 2.64. The second kappa shape index (κ2) is 5.85. The number of benzene rings is 1. The number of rotatable bonds is 6. The number of halogens is 1. The zero-order chi connectivity index (χ0) is 15.0. The van der Waals surface area contributed by atoms with Crippen molar-refractivity contribution in [3.8, 4) is 5.75 Å². The molecule has 0 saturated heterocycles. The summed E-state index contributed by atoms with van der Waals surface area (Å²) in [5, 5.41) is 0. The molecule has 21 heavy (non-hydrogen) atoms. The number of methoxy groups -OCH3 is 1. The molecule has 1 unspecified atom stereocenters. The van der Waals surface area contributed by atoms with Crippen molar-refractivity contribution >= 4 is 22.6 Å². The van der Waals surface area contributed by atoms with Gasteiger partial charge in [-0.25, -0.2) is 4.98 Å². The molecule has 0 spiro atoms. The summed E-state index contributed by atoms with van der Waals surface area (Å²) in [5.74, 6) is 2.13. The summed E-state index contributed by atoms with van der Waals surface area (Å²) >= 11 is 6.10. The van der Waals surface area contributed by atoms with Crippen molar-refractivity contribution in [1.29, 1.82) is 0 Å². The van der Waals surface area contributed by atoms with E-state index in [0.717, 1.165) is 35.2 Å². The van der Waals surface area contributed by atoms with Crippen molar-refractivity contribution in [2.24, 2.45) is 0 Å². The second-order valence-corrected chi connectivity index (χ2v) is 6.11. The van der Waals surface area contributed by atoms with Crippen LogP contribution < -0.4 is 4.74 Å². The van der Waals surface area contributed by atoms with Crippen LogP contribution in [0, 0.1) is 0 Å². The second-order valence-electron chi connectivity index (χ2n) is 5.85. The Morgan fingerprint density at radius 2 is 2.24 bits per heavy atom. The molecular formula is C16H22ClN3O.